The standard InChI is InChI=1S/C20H15Cl3N2O2/c21-13-8-6-12(7-9-13)16-18(24-10-1-2-11-24)20(27)25(19(16)26)15-5-3-4-14(22)17(15)23/h3-9H,1-2,10-11H2. The Morgan fingerprint density at radius 1 is 0.815 bits per heavy atom. The summed E-state index contributed by atoms with van der Waals surface area (Å²) in [7, 11) is 0. The van der Waals surface area contributed by atoms with Gasteiger partial charge in [0.2, 0.25) is 0 Å². The second-order valence-corrected chi connectivity index (χ2v) is 7.66. The van der Waals surface area contributed by atoms with Crippen LogP contribution in [0.2, 0.25) is 15.1 Å². The highest BCUT2D eigenvalue weighted by atomic mass is 35.5. The molecule has 1 saturated heterocycles. The molecule has 2 aliphatic rings. The van der Waals surface area contributed by atoms with Gasteiger partial charge in [0.05, 0.1) is 21.3 Å². The van der Waals surface area contributed by atoms with Crippen LogP contribution in [0.4, 0.5) is 5.69 Å². The van der Waals surface area contributed by atoms with Gasteiger partial charge in [-0.25, -0.2) is 4.90 Å². The largest absolute Gasteiger partial charge is 0.366 e. The van der Waals surface area contributed by atoms with Crippen molar-refractivity contribution in [3.8, 4) is 0 Å². The summed E-state index contributed by atoms with van der Waals surface area (Å²) >= 11 is 18.4. The number of nitrogens with zero attached hydrogens (tertiary/aromatic N) is 2. The molecule has 4 rings (SSSR count). The second kappa shape index (κ2) is 7.19. The number of benzene rings is 2. The highest BCUT2D eigenvalue weighted by Crippen LogP contribution is 2.40. The lowest BCUT2D eigenvalue weighted by Gasteiger charge is -2.21. The van der Waals surface area contributed by atoms with Crippen LogP contribution in [0, 0.1) is 0 Å². The minimum absolute atomic E-state index is 0.180. The predicted octanol–water partition coefficient (Wildman–Crippen LogP) is 5.03. The van der Waals surface area contributed by atoms with Crippen LogP contribution in [-0.2, 0) is 9.59 Å². The average molecular weight is 422 g/mol. The van der Waals surface area contributed by atoms with E-state index in [4.69, 9.17) is 34.8 Å². The number of hydrogen-bond acceptors (Lipinski definition) is 3. The van der Waals surface area contributed by atoms with Crippen molar-refractivity contribution in [3.05, 3.63) is 68.8 Å². The molecule has 0 spiro atoms. The number of hydrogen-bond donors (Lipinski definition) is 0. The van der Waals surface area contributed by atoms with Crippen molar-refractivity contribution in [2.75, 3.05) is 18.0 Å². The third-order valence-corrected chi connectivity index (χ3v) is 5.85. The van der Waals surface area contributed by atoms with Gasteiger partial charge in [-0.05, 0) is 42.7 Å². The minimum atomic E-state index is -0.409. The summed E-state index contributed by atoms with van der Waals surface area (Å²) in [6.07, 6.45) is 1.97. The monoisotopic (exact) mass is 420 g/mol. The number of likely N-dealkylation sites (tertiary alicyclic amines) is 1. The molecule has 0 aliphatic carbocycles. The van der Waals surface area contributed by atoms with Gasteiger partial charge < -0.3 is 4.90 Å². The van der Waals surface area contributed by atoms with E-state index in [0.29, 0.717) is 27.5 Å². The van der Waals surface area contributed by atoms with Crippen molar-refractivity contribution < 1.29 is 9.59 Å². The number of halogens is 3. The molecule has 0 saturated carbocycles. The van der Waals surface area contributed by atoms with E-state index in [0.717, 1.165) is 30.8 Å². The quantitative estimate of drug-likeness (QED) is 0.653. The predicted molar refractivity (Wildman–Crippen MR) is 108 cm³/mol. The molecular formula is C20H15Cl3N2O2. The molecule has 0 atom stereocenters. The Morgan fingerprint density at radius 3 is 2.15 bits per heavy atom. The molecule has 0 aromatic heterocycles. The fourth-order valence-corrected chi connectivity index (χ4v) is 4.02. The van der Waals surface area contributed by atoms with Gasteiger partial charge in [0, 0.05) is 18.1 Å². The smallest absolute Gasteiger partial charge is 0.282 e. The summed E-state index contributed by atoms with van der Waals surface area (Å²) in [6.45, 7) is 1.48. The zero-order chi connectivity index (χ0) is 19.1. The van der Waals surface area contributed by atoms with E-state index in [-0.39, 0.29) is 16.0 Å². The molecule has 0 radical (unpaired) electrons. The normalized spacial score (nSPS) is 17.4. The molecule has 27 heavy (non-hydrogen) atoms. The first-order valence-corrected chi connectivity index (χ1v) is 9.70. The number of anilines is 1. The summed E-state index contributed by atoms with van der Waals surface area (Å²) in [6, 6.07) is 11.8. The lowest BCUT2D eigenvalue weighted by atomic mass is 10.0. The van der Waals surface area contributed by atoms with Crippen molar-refractivity contribution in [2.24, 2.45) is 0 Å². The maximum atomic E-state index is 13.3. The molecule has 0 bridgehead atoms. The van der Waals surface area contributed by atoms with Gasteiger partial charge in [0.25, 0.3) is 11.8 Å². The number of amides is 2. The molecular weight excluding hydrogens is 407 g/mol. The van der Waals surface area contributed by atoms with Crippen molar-refractivity contribution in [1.82, 2.24) is 4.90 Å². The zero-order valence-electron chi connectivity index (χ0n) is 14.2. The highest BCUT2D eigenvalue weighted by molar-refractivity contribution is 6.49. The van der Waals surface area contributed by atoms with E-state index in [1.165, 1.54) is 0 Å². The van der Waals surface area contributed by atoms with Crippen LogP contribution >= 0.6 is 34.8 Å². The molecule has 2 aliphatic heterocycles. The number of carbonyl (C=O) groups is 2. The van der Waals surface area contributed by atoms with E-state index in [9.17, 15) is 9.59 Å². The van der Waals surface area contributed by atoms with Crippen molar-refractivity contribution in [1.29, 1.82) is 0 Å². The van der Waals surface area contributed by atoms with E-state index >= 15 is 0 Å². The lowest BCUT2D eigenvalue weighted by molar-refractivity contribution is -0.120. The summed E-state index contributed by atoms with van der Waals surface area (Å²) in [5, 5.41) is 1.03. The van der Waals surface area contributed by atoms with Gasteiger partial charge in [0.15, 0.2) is 0 Å². The fraction of sp³-hybridized carbons (Fsp3) is 0.200. The zero-order valence-corrected chi connectivity index (χ0v) is 16.5. The number of imide groups is 1. The van der Waals surface area contributed by atoms with Gasteiger partial charge in [0.1, 0.15) is 5.70 Å². The molecule has 138 valence electrons. The summed E-state index contributed by atoms with van der Waals surface area (Å²) in [5.41, 5.74) is 1.73. The Bertz CT molecular complexity index is 964. The average Bonchev–Trinajstić information content (AvgIpc) is 3.25. The van der Waals surface area contributed by atoms with Gasteiger partial charge in [-0.1, -0.05) is 53.0 Å². The third-order valence-electron chi connectivity index (χ3n) is 4.79. The van der Waals surface area contributed by atoms with E-state index in [2.05, 4.69) is 0 Å². The SMILES string of the molecule is O=C1C(c2ccc(Cl)cc2)=C(N2CCCC2)C(=O)N1c1cccc(Cl)c1Cl. The van der Waals surface area contributed by atoms with Crippen molar-refractivity contribution in [2.45, 2.75) is 12.8 Å². The van der Waals surface area contributed by atoms with Crippen LogP contribution in [0.5, 0.6) is 0 Å². The van der Waals surface area contributed by atoms with Gasteiger partial charge in [-0.15, -0.1) is 0 Å². The van der Waals surface area contributed by atoms with Crippen LogP contribution in [0.3, 0.4) is 0 Å². The van der Waals surface area contributed by atoms with E-state index in [1.807, 2.05) is 4.90 Å². The minimum Gasteiger partial charge on any atom is -0.366 e. The number of carbonyl (C=O) groups excluding carboxylic acids is 2. The Balaban J connectivity index is 1.86. The Morgan fingerprint density at radius 2 is 1.48 bits per heavy atom. The van der Waals surface area contributed by atoms with Crippen molar-refractivity contribution >= 4 is 57.9 Å². The molecule has 2 amide bonds. The first-order valence-electron chi connectivity index (χ1n) is 8.57. The molecule has 0 N–H and O–H groups in total. The van der Waals surface area contributed by atoms with Gasteiger partial charge >= 0.3 is 0 Å². The van der Waals surface area contributed by atoms with Crippen LogP contribution in [0.15, 0.2) is 48.2 Å². The number of rotatable bonds is 3. The van der Waals surface area contributed by atoms with Crippen LogP contribution < -0.4 is 4.90 Å². The van der Waals surface area contributed by atoms with E-state index < -0.39 is 5.91 Å². The summed E-state index contributed by atoms with van der Waals surface area (Å²) in [4.78, 5) is 29.7. The molecule has 2 aromatic rings. The third kappa shape index (κ3) is 3.12. The first kappa shape index (κ1) is 18.4. The maximum absolute atomic E-state index is 13.3. The van der Waals surface area contributed by atoms with Crippen molar-refractivity contribution in [3.63, 3.8) is 0 Å². The molecule has 2 heterocycles. The summed E-state index contributed by atoms with van der Waals surface area (Å²) in [5.74, 6) is -0.788. The molecule has 7 heteroatoms. The van der Waals surface area contributed by atoms with Gasteiger partial charge in [-0.2, -0.15) is 0 Å². The molecule has 4 nitrogen and oxygen atoms in total. The molecule has 2 aromatic carbocycles. The molecule has 1 fully saturated rings. The first-order chi connectivity index (χ1) is 13.0. The van der Waals surface area contributed by atoms with Gasteiger partial charge in [-0.3, -0.25) is 9.59 Å². The Kier molecular flexibility index (Phi) is 4.89. The molecule has 0 unspecified atom stereocenters. The highest BCUT2D eigenvalue weighted by Gasteiger charge is 2.43. The Hall–Kier alpha value is -2.01. The lowest BCUT2D eigenvalue weighted by Crippen LogP contribution is -2.34. The summed E-state index contributed by atoms with van der Waals surface area (Å²) < 4.78 is 0. The second-order valence-electron chi connectivity index (χ2n) is 6.44. The van der Waals surface area contributed by atoms with Crippen LogP contribution in [0.1, 0.15) is 18.4 Å². The van der Waals surface area contributed by atoms with Crippen LogP contribution in [-0.4, -0.2) is 29.8 Å². The fourth-order valence-electron chi connectivity index (χ4n) is 3.51. The van der Waals surface area contributed by atoms with E-state index in [1.54, 1.807) is 42.5 Å². The topological polar surface area (TPSA) is 40.6 Å². The van der Waals surface area contributed by atoms with Crippen LogP contribution in [0.25, 0.3) is 5.57 Å². The Labute approximate surface area is 171 Å². The maximum Gasteiger partial charge on any atom is 0.282 e.